The fraction of sp³-hybridized carbons (Fsp3) is 0.400. The van der Waals surface area contributed by atoms with Gasteiger partial charge in [-0.3, -0.25) is 0 Å². The number of benzene rings is 1. The molecular formula is C15H18N2OS. The molecule has 2 heterocycles. The molecule has 2 aromatic rings. The Morgan fingerprint density at radius 3 is 3.11 bits per heavy atom. The van der Waals surface area contributed by atoms with Gasteiger partial charge in [0.15, 0.2) is 0 Å². The standard InChI is InChI=1S/C15H18N2OS/c1-10-17-9-15(19-10)13(16)8-11-6-7-18-14-5-3-2-4-12(11)14/h2-5,9,11,13H,6-8,16H2,1H3. The van der Waals surface area contributed by atoms with Crippen molar-refractivity contribution in [2.24, 2.45) is 5.73 Å². The Balaban J connectivity index is 1.77. The predicted molar refractivity (Wildman–Crippen MR) is 77.7 cm³/mol. The molecule has 0 amide bonds. The molecule has 4 heteroatoms. The molecule has 2 unspecified atom stereocenters. The van der Waals surface area contributed by atoms with Gasteiger partial charge in [-0.15, -0.1) is 11.3 Å². The quantitative estimate of drug-likeness (QED) is 0.933. The van der Waals surface area contributed by atoms with E-state index in [-0.39, 0.29) is 6.04 Å². The number of aryl methyl sites for hydroxylation is 1. The first-order valence-corrected chi connectivity index (χ1v) is 7.45. The molecule has 1 aromatic carbocycles. The van der Waals surface area contributed by atoms with Crippen LogP contribution in [-0.2, 0) is 0 Å². The molecule has 0 bridgehead atoms. The fourth-order valence-corrected chi connectivity index (χ4v) is 3.43. The lowest BCUT2D eigenvalue weighted by molar-refractivity contribution is 0.259. The maximum absolute atomic E-state index is 6.33. The van der Waals surface area contributed by atoms with Crippen molar-refractivity contribution >= 4 is 11.3 Å². The van der Waals surface area contributed by atoms with E-state index in [1.807, 2.05) is 25.3 Å². The summed E-state index contributed by atoms with van der Waals surface area (Å²) in [7, 11) is 0. The SMILES string of the molecule is Cc1ncc(C(N)CC2CCOc3ccccc32)s1. The molecule has 3 nitrogen and oxygen atoms in total. The van der Waals surface area contributed by atoms with Gasteiger partial charge >= 0.3 is 0 Å². The van der Waals surface area contributed by atoms with Gasteiger partial charge in [-0.05, 0) is 37.3 Å². The van der Waals surface area contributed by atoms with E-state index in [1.54, 1.807) is 11.3 Å². The van der Waals surface area contributed by atoms with Crippen LogP contribution >= 0.6 is 11.3 Å². The first kappa shape index (κ1) is 12.6. The summed E-state index contributed by atoms with van der Waals surface area (Å²) in [5, 5.41) is 1.08. The van der Waals surface area contributed by atoms with Crippen molar-refractivity contribution in [2.45, 2.75) is 31.7 Å². The summed E-state index contributed by atoms with van der Waals surface area (Å²) < 4.78 is 5.69. The van der Waals surface area contributed by atoms with Gasteiger partial charge in [-0.2, -0.15) is 0 Å². The number of rotatable bonds is 3. The zero-order valence-corrected chi connectivity index (χ0v) is 11.8. The van der Waals surface area contributed by atoms with Crippen molar-refractivity contribution in [3.8, 4) is 5.75 Å². The third kappa shape index (κ3) is 2.65. The summed E-state index contributed by atoms with van der Waals surface area (Å²) in [5.41, 5.74) is 7.62. The number of hydrogen-bond donors (Lipinski definition) is 1. The van der Waals surface area contributed by atoms with Crippen LogP contribution in [0.2, 0.25) is 0 Å². The van der Waals surface area contributed by atoms with Crippen LogP contribution in [0.5, 0.6) is 5.75 Å². The lowest BCUT2D eigenvalue weighted by Gasteiger charge is -2.27. The number of nitrogens with two attached hydrogens (primary N) is 1. The van der Waals surface area contributed by atoms with Crippen molar-refractivity contribution in [2.75, 3.05) is 6.61 Å². The highest BCUT2D eigenvalue weighted by atomic mass is 32.1. The van der Waals surface area contributed by atoms with E-state index in [9.17, 15) is 0 Å². The third-order valence-corrected chi connectivity index (χ3v) is 4.67. The van der Waals surface area contributed by atoms with Gasteiger partial charge in [0.2, 0.25) is 0 Å². The van der Waals surface area contributed by atoms with Crippen LogP contribution < -0.4 is 10.5 Å². The van der Waals surface area contributed by atoms with E-state index >= 15 is 0 Å². The van der Waals surface area contributed by atoms with E-state index in [4.69, 9.17) is 10.5 Å². The highest BCUT2D eigenvalue weighted by molar-refractivity contribution is 7.11. The molecule has 0 radical (unpaired) electrons. The zero-order valence-electron chi connectivity index (χ0n) is 11.0. The van der Waals surface area contributed by atoms with Gasteiger partial charge in [0.05, 0.1) is 11.6 Å². The van der Waals surface area contributed by atoms with Crippen LogP contribution in [-0.4, -0.2) is 11.6 Å². The normalized spacial score (nSPS) is 19.6. The Kier molecular flexibility index (Phi) is 3.53. The zero-order chi connectivity index (χ0) is 13.2. The van der Waals surface area contributed by atoms with Crippen LogP contribution in [0.15, 0.2) is 30.5 Å². The summed E-state index contributed by atoms with van der Waals surface area (Å²) in [6.45, 7) is 2.81. The van der Waals surface area contributed by atoms with Crippen molar-refractivity contribution in [1.29, 1.82) is 0 Å². The maximum Gasteiger partial charge on any atom is 0.122 e. The van der Waals surface area contributed by atoms with E-state index in [0.717, 1.165) is 30.2 Å². The highest BCUT2D eigenvalue weighted by Gasteiger charge is 2.24. The minimum atomic E-state index is 0.0716. The largest absolute Gasteiger partial charge is 0.493 e. The van der Waals surface area contributed by atoms with E-state index in [1.165, 1.54) is 10.4 Å². The molecule has 2 atom stereocenters. The van der Waals surface area contributed by atoms with Gasteiger partial charge in [0, 0.05) is 17.1 Å². The molecule has 19 heavy (non-hydrogen) atoms. The Morgan fingerprint density at radius 2 is 2.32 bits per heavy atom. The molecule has 0 aliphatic carbocycles. The van der Waals surface area contributed by atoms with Gasteiger partial charge in [-0.1, -0.05) is 18.2 Å². The number of aromatic nitrogens is 1. The first-order chi connectivity index (χ1) is 9.24. The molecule has 0 saturated heterocycles. The average molecular weight is 274 g/mol. The van der Waals surface area contributed by atoms with Crippen molar-refractivity contribution in [1.82, 2.24) is 4.98 Å². The number of ether oxygens (including phenoxy) is 1. The minimum absolute atomic E-state index is 0.0716. The molecule has 1 aliphatic rings. The Labute approximate surface area is 117 Å². The Hall–Kier alpha value is -1.39. The fourth-order valence-electron chi connectivity index (χ4n) is 2.63. The van der Waals surface area contributed by atoms with Gasteiger partial charge in [0.25, 0.3) is 0 Å². The molecule has 3 rings (SSSR count). The van der Waals surface area contributed by atoms with Crippen LogP contribution in [0, 0.1) is 6.92 Å². The van der Waals surface area contributed by atoms with Crippen molar-refractivity contribution < 1.29 is 4.74 Å². The summed E-state index contributed by atoms with van der Waals surface area (Å²) in [6.07, 6.45) is 3.92. The molecule has 100 valence electrons. The average Bonchev–Trinajstić information content (AvgIpc) is 2.86. The maximum atomic E-state index is 6.33. The van der Waals surface area contributed by atoms with Crippen LogP contribution in [0.1, 0.15) is 40.2 Å². The summed E-state index contributed by atoms with van der Waals surface area (Å²) in [6, 6.07) is 8.37. The van der Waals surface area contributed by atoms with Gasteiger partial charge < -0.3 is 10.5 Å². The molecule has 0 spiro atoms. The molecular weight excluding hydrogens is 256 g/mol. The molecule has 0 fully saturated rings. The Morgan fingerprint density at radius 1 is 1.47 bits per heavy atom. The lowest BCUT2D eigenvalue weighted by atomic mass is 9.87. The minimum Gasteiger partial charge on any atom is -0.493 e. The number of nitrogens with zero attached hydrogens (tertiary/aromatic N) is 1. The Bertz CT molecular complexity index is 567. The number of para-hydroxylation sites is 1. The monoisotopic (exact) mass is 274 g/mol. The van der Waals surface area contributed by atoms with Crippen molar-refractivity contribution in [3.05, 3.63) is 45.9 Å². The number of fused-ring (bicyclic) bond motifs is 1. The smallest absolute Gasteiger partial charge is 0.122 e. The summed E-state index contributed by atoms with van der Waals surface area (Å²) in [5.74, 6) is 1.51. The third-order valence-electron chi connectivity index (χ3n) is 3.63. The predicted octanol–water partition coefficient (Wildman–Crippen LogP) is 3.41. The number of thiazole rings is 1. The first-order valence-electron chi connectivity index (χ1n) is 6.63. The van der Waals surface area contributed by atoms with Gasteiger partial charge in [-0.25, -0.2) is 4.98 Å². The molecule has 0 saturated carbocycles. The highest BCUT2D eigenvalue weighted by Crippen LogP contribution is 2.38. The summed E-state index contributed by atoms with van der Waals surface area (Å²) >= 11 is 1.70. The van der Waals surface area contributed by atoms with Crippen LogP contribution in [0.4, 0.5) is 0 Å². The van der Waals surface area contributed by atoms with Gasteiger partial charge in [0.1, 0.15) is 5.75 Å². The second-order valence-corrected chi connectivity index (χ2v) is 6.26. The molecule has 2 N–H and O–H groups in total. The summed E-state index contributed by atoms with van der Waals surface area (Å²) in [4.78, 5) is 5.47. The molecule has 1 aromatic heterocycles. The topological polar surface area (TPSA) is 48.1 Å². The van der Waals surface area contributed by atoms with Crippen LogP contribution in [0.25, 0.3) is 0 Å². The van der Waals surface area contributed by atoms with Crippen molar-refractivity contribution in [3.63, 3.8) is 0 Å². The van der Waals surface area contributed by atoms with E-state index < -0.39 is 0 Å². The lowest BCUT2D eigenvalue weighted by Crippen LogP contribution is -2.19. The second-order valence-electron chi connectivity index (χ2n) is 5.00. The van der Waals surface area contributed by atoms with E-state index in [2.05, 4.69) is 17.1 Å². The molecule has 1 aliphatic heterocycles. The second kappa shape index (κ2) is 5.31. The van der Waals surface area contributed by atoms with E-state index in [0.29, 0.717) is 5.92 Å². The van der Waals surface area contributed by atoms with Crippen LogP contribution in [0.3, 0.4) is 0 Å². The number of hydrogen-bond acceptors (Lipinski definition) is 4.